The summed E-state index contributed by atoms with van der Waals surface area (Å²) < 4.78 is -0.820. The van der Waals surface area contributed by atoms with Crippen LogP contribution in [0.1, 0.15) is 32.4 Å². The first-order valence-corrected chi connectivity index (χ1v) is 12.3. The molecule has 0 unspecified atom stereocenters. The molecule has 4 rings (SSSR count). The molecule has 6 amide bonds. The smallest absolute Gasteiger partial charge is 0.548 e. The van der Waals surface area contributed by atoms with E-state index in [0.717, 1.165) is 4.90 Å². The van der Waals surface area contributed by atoms with Crippen LogP contribution in [0.25, 0.3) is 0 Å². The third-order valence-electron chi connectivity index (χ3n) is 6.56. The number of imide groups is 1. The normalized spacial score (nSPS) is 25.0. The third kappa shape index (κ3) is 5.22. The van der Waals surface area contributed by atoms with Crippen molar-refractivity contribution < 1.29 is 63.4 Å². The monoisotopic (exact) mass is 539 g/mol. The van der Waals surface area contributed by atoms with Crippen LogP contribution < -0.4 is 45.3 Å². The van der Waals surface area contributed by atoms with Gasteiger partial charge in [-0.2, -0.15) is 0 Å². The van der Waals surface area contributed by atoms with Crippen molar-refractivity contribution in [1.29, 1.82) is 0 Å². The molecular weight excluding hydrogens is 513 g/mol. The van der Waals surface area contributed by atoms with E-state index in [1.54, 1.807) is 51.1 Å². The fraction of sp³-hybridized carbons (Fsp3) is 0.478. The number of fused-ring (bicyclic) bond motifs is 1. The van der Waals surface area contributed by atoms with Crippen LogP contribution in [0.5, 0.6) is 0 Å². The van der Waals surface area contributed by atoms with Gasteiger partial charge in [0.25, 0.3) is 0 Å². The number of β-lactam (4-membered cyclic amide) rings is 1. The van der Waals surface area contributed by atoms with Gasteiger partial charge in [0.1, 0.15) is 17.5 Å². The summed E-state index contributed by atoms with van der Waals surface area (Å²) in [4.78, 5) is 78.6. The van der Waals surface area contributed by atoms with E-state index >= 15 is 0 Å². The molecule has 3 saturated heterocycles. The molecule has 3 aliphatic rings. The number of urea groups is 1. The van der Waals surface area contributed by atoms with E-state index in [4.69, 9.17) is 0 Å². The Morgan fingerprint density at radius 1 is 1.11 bits per heavy atom. The summed E-state index contributed by atoms with van der Waals surface area (Å²) in [7, 11) is 0. The minimum Gasteiger partial charge on any atom is -0.548 e. The Labute approximate surface area is 239 Å². The number of aliphatic carboxylic acids is 1. The number of piperazine rings is 1. The second-order valence-electron chi connectivity index (χ2n) is 9.20. The van der Waals surface area contributed by atoms with Crippen LogP contribution in [0.4, 0.5) is 4.79 Å². The number of hydrogen-bond acceptors (Lipinski definition) is 8. The van der Waals surface area contributed by atoms with Crippen molar-refractivity contribution in [3.63, 3.8) is 0 Å². The summed E-state index contributed by atoms with van der Waals surface area (Å²) in [6, 6.07) is 3.92. The fourth-order valence-electron chi connectivity index (χ4n) is 4.68. The maximum atomic E-state index is 13.3. The number of carbonyl (C=O) groups excluding carboxylic acids is 6. The molecule has 1 aromatic carbocycles. The summed E-state index contributed by atoms with van der Waals surface area (Å²) in [6.45, 7) is 5.58. The number of nitrogens with one attached hydrogen (secondary N) is 2. The topological polar surface area (TPSA) is 159 Å². The Kier molecular flexibility index (Phi) is 8.62. The quantitative estimate of drug-likeness (QED) is 0.208. The Morgan fingerprint density at radius 3 is 2.35 bits per heavy atom. The molecule has 14 heteroatoms. The minimum atomic E-state index is -1.37. The van der Waals surface area contributed by atoms with Crippen LogP contribution in [0.3, 0.4) is 0 Å². The maximum absolute atomic E-state index is 13.3. The molecule has 0 bridgehead atoms. The van der Waals surface area contributed by atoms with E-state index < -0.39 is 63.9 Å². The first kappa shape index (κ1) is 29.0. The molecule has 192 valence electrons. The molecule has 3 heterocycles. The standard InChI is InChI=1S/C23H27N5O7S.Na/c1-4-26-10-11-27(19(32)18(26)31)22(35)25-13(12-8-6-5-7-9-12)16(29)24-14-17(30)28-15(21(33)34)23(2,3)36-20(14)28;/h5-9,13-15,20H,4,10-11H2,1-3H3,(H,24,29)(H,25,35)(H,33,34);/q;+1/p-1/t13-,14-,15+,20-;/m1./s1. The Morgan fingerprint density at radius 2 is 1.76 bits per heavy atom. The van der Waals surface area contributed by atoms with E-state index in [2.05, 4.69) is 10.6 Å². The van der Waals surface area contributed by atoms with Crippen LogP contribution in [-0.2, 0) is 24.0 Å². The molecule has 3 aliphatic heterocycles. The number of carboxylic acid groups (broad SMARTS) is 1. The van der Waals surface area contributed by atoms with Crippen molar-refractivity contribution in [3.05, 3.63) is 35.9 Å². The molecule has 0 aliphatic carbocycles. The van der Waals surface area contributed by atoms with Gasteiger partial charge in [0.15, 0.2) is 0 Å². The van der Waals surface area contributed by atoms with Gasteiger partial charge in [-0.05, 0) is 26.3 Å². The average molecular weight is 540 g/mol. The van der Waals surface area contributed by atoms with Gasteiger partial charge in [-0.1, -0.05) is 30.3 Å². The van der Waals surface area contributed by atoms with Crippen LogP contribution in [0, 0.1) is 0 Å². The number of benzene rings is 1. The van der Waals surface area contributed by atoms with Crippen molar-refractivity contribution in [2.24, 2.45) is 0 Å². The van der Waals surface area contributed by atoms with Gasteiger partial charge in [0.05, 0.1) is 12.0 Å². The van der Waals surface area contributed by atoms with Crippen molar-refractivity contribution in [2.45, 2.75) is 49.0 Å². The zero-order valence-corrected chi connectivity index (χ0v) is 23.7. The molecule has 4 atom stereocenters. The number of carbonyl (C=O) groups is 6. The predicted octanol–water partition coefficient (Wildman–Crippen LogP) is -4.57. The Bertz CT molecular complexity index is 1130. The number of thioether (sulfide) groups is 1. The molecule has 0 radical (unpaired) electrons. The number of likely N-dealkylation sites (N-methyl/N-ethyl adjacent to an activating group) is 1. The summed E-state index contributed by atoms with van der Waals surface area (Å²) in [5, 5.41) is 16.1. The number of nitrogens with zero attached hydrogens (tertiary/aromatic N) is 3. The third-order valence-corrected chi connectivity index (χ3v) is 8.13. The maximum Gasteiger partial charge on any atom is 1.00 e. The predicted molar refractivity (Wildman–Crippen MR) is 125 cm³/mol. The molecule has 3 fully saturated rings. The van der Waals surface area contributed by atoms with E-state index in [1.807, 2.05) is 0 Å². The molecule has 37 heavy (non-hydrogen) atoms. The summed E-state index contributed by atoms with van der Waals surface area (Å²) in [6.07, 6.45) is 0. The Balaban J connectivity index is 0.00000380. The second-order valence-corrected chi connectivity index (χ2v) is 11.0. The zero-order chi connectivity index (χ0) is 26.4. The molecule has 0 saturated carbocycles. The van der Waals surface area contributed by atoms with Crippen LogP contribution in [0.2, 0.25) is 0 Å². The molecule has 1 aromatic rings. The van der Waals surface area contributed by atoms with Crippen molar-refractivity contribution in [1.82, 2.24) is 25.3 Å². The van der Waals surface area contributed by atoms with Gasteiger partial charge in [-0.25, -0.2) is 4.79 Å². The number of hydrogen-bond donors (Lipinski definition) is 2. The van der Waals surface area contributed by atoms with E-state index in [-0.39, 0.29) is 42.6 Å². The zero-order valence-electron chi connectivity index (χ0n) is 20.9. The SMILES string of the molecule is CCN1CCN(C(=O)N[C@@H](C(=O)N[C@@H]2C(=O)N3[C@@H]2SC(C)(C)[C@@H]3C(=O)[O-])c2ccccc2)C(=O)C1=O.[Na+]. The van der Waals surface area contributed by atoms with E-state index in [1.165, 1.54) is 21.6 Å². The van der Waals surface area contributed by atoms with Gasteiger partial charge in [-0.3, -0.25) is 24.1 Å². The Hall–Kier alpha value is -2.61. The molecule has 0 spiro atoms. The molecule has 0 aromatic heterocycles. The molecular formula is C23H26N5NaO7S. The van der Waals surface area contributed by atoms with Gasteiger partial charge in [0, 0.05) is 24.4 Å². The van der Waals surface area contributed by atoms with Crippen molar-refractivity contribution in [2.75, 3.05) is 19.6 Å². The molecule has 12 nitrogen and oxygen atoms in total. The summed E-state index contributed by atoms with van der Waals surface area (Å²) in [5.41, 5.74) is 0.393. The second kappa shape index (κ2) is 11.0. The van der Waals surface area contributed by atoms with Crippen LogP contribution >= 0.6 is 11.8 Å². The number of amides is 6. The largest absolute Gasteiger partial charge is 1.00 e. The first-order valence-electron chi connectivity index (χ1n) is 11.5. The molecule has 2 N–H and O–H groups in total. The summed E-state index contributed by atoms with van der Waals surface area (Å²) >= 11 is 1.24. The van der Waals surface area contributed by atoms with Gasteiger partial charge in [-0.15, -0.1) is 11.8 Å². The first-order chi connectivity index (χ1) is 17.0. The minimum absolute atomic E-state index is 0. The van der Waals surface area contributed by atoms with Gasteiger partial charge in [0.2, 0.25) is 11.8 Å². The summed E-state index contributed by atoms with van der Waals surface area (Å²) in [5.74, 6) is -4.44. The van der Waals surface area contributed by atoms with Crippen molar-refractivity contribution in [3.8, 4) is 0 Å². The fourth-order valence-corrected chi connectivity index (χ4v) is 6.30. The van der Waals surface area contributed by atoms with Crippen LogP contribution in [0.15, 0.2) is 30.3 Å². The number of rotatable bonds is 6. The van der Waals surface area contributed by atoms with E-state index in [0.29, 0.717) is 12.1 Å². The average Bonchev–Trinajstić information content (AvgIpc) is 3.10. The van der Waals surface area contributed by atoms with Crippen molar-refractivity contribution >= 4 is 47.4 Å². The van der Waals surface area contributed by atoms with E-state index in [9.17, 15) is 33.9 Å². The van der Waals surface area contributed by atoms with Gasteiger partial charge < -0.3 is 30.3 Å². The number of carboxylic acids is 1. The van der Waals surface area contributed by atoms with Gasteiger partial charge >= 0.3 is 47.4 Å². The van der Waals surface area contributed by atoms with Crippen LogP contribution in [-0.4, -0.2) is 92.2 Å².